The quantitative estimate of drug-likeness (QED) is 0.475. The molecule has 0 aromatic carbocycles. The molecule has 2 heteroatoms. The van der Waals surface area contributed by atoms with Gasteiger partial charge in [-0.25, -0.2) is 4.79 Å². The summed E-state index contributed by atoms with van der Waals surface area (Å²) in [5, 5.41) is 0. The van der Waals surface area contributed by atoms with E-state index in [1.165, 1.54) is 19.3 Å². The third-order valence-electron chi connectivity index (χ3n) is 5.50. The average molecular weight is 234 g/mol. The molecule has 2 nitrogen and oxygen atoms in total. The van der Waals surface area contributed by atoms with Gasteiger partial charge in [-0.1, -0.05) is 26.8 Å². The van der Waals surface area contributed by atoms with Crippen LogP contribution in [0, 0.1) is 29.6 Å². The molecule has 0 aromatic rings. The summed E-state index contributed by atoms with van der Waals surface area (Å²) in [6.45, 7) is 8.66. The van der Waals surface area contributed by atoms with Crippen LogP contribution in [0.2, 0.25) is 0 Å². The van der Waals surface area contributed by atoms with Gasteiger partial charge in [0.15, 0.2) is 0 Å². The maximum Gasteiger partial charge on any atom is 0.334 e. The summed E-state index contributed by atoms with van der Waals surface area (Å²) in [7, 11) is 0. The van der Waals surface area contributed by atoms with Crippen molar-refractivity contribution >= 4 is 5.97 Å². The summed E-state index contributed by atoms with van der Waals surface area (Å²) >= 11 is 0. The number of carbonyl (C=O) groups excluding carboxylic acids is 1. The van der Waals surface area contributed by atoms with Crippen molar-refractivity contribution in [3.05, 3.63) is 12.2 Å². The zero-order chi connectivity index (χ0) is 12.2. The molecule has 0 aromatic heterocycles. The zero-order valence-corrected chi connectivity index (χ0v) is 10.8. The highest BCUT2D eigenvalue weighted by Gasteiger charge is 2.52. The molecular formula is C15H22O2. The first-order valence-corrected chi connectivity index (χ1v) is 6.99. The van der Waals surface area contributed by atoms with Crippen molar-refractivity contribution in [1.29, 1.82) is 0 Å². The van der Waals surface area contributed by atoms with Gasteiger partial charge < -0.3 is 4.74 Å². The molecule has 0 unspecified atom stereocenters. The van der Waals surface area contributed by atoms with Crippen LogP contribution in [0.4, 0.5) is 0 Å². The molecule has 94 valence electrons. The van der Waals surface area contributed by atoms with Crippen LogP contribution in [-0.4, -0.2) is 12.1 Å². The van der Waals surface area contributed by atoms with Gasteiger partial charge in [0.25, 0.3) is 0 Å². The normalized spacial score (nSPS) is 49.5. The molecule has 0 N–H and O–H groups in total. The number of esters is 1. The minimum Gasteiger partial charge on any atom is -0.458 e. The van der Waals surface area contributed by atoms with Gasteiger partial charge in [-0.2, -0.15) is 0 Å². The lowest BCUT2D eigenvalue weighted by Gasteiger charge is -2.30. The molecule has 2 saturated carbocycles. The van der Waals surface area contributed by atoms with Crippen LogP contribution in [0.25, 0.3) is 0 Å². The third kappa shape index (κ3) is 1.56. The standard InChI is InChI=1S/C15H22O2/c1-8-4-7-12-10(3)15(16)17-14(12)13-9(2)5-6-11(8)13/h8-9,11-14H,3-7H2,1-2H3/t8-,9-,11+,12+,13+,14+/m1/s1. The minimum absolute atomic E-state index is 0.132. The fraction of sp³-hybridized carbons (Fsp3) is 0.800. The van der Waals surface area contributed by atoms with E-state index in [4.69, 9.17) is 4.74 Å². The molecule has 0 bridgehead atoms. The van der Waals surface area contributed by atoms with Crippen LogP contribution in [0.3, 0.4) is 0 Å². The monoisotopic (exact) mass is 234 g/mol. The Kier molecular flexibility index (Phi) is 2.57. The summed E-state index contributed by atoms with van der Waals surface area (Å²) in [6.07, 6.45) is 5.08. The fourth-order valence-corrected chi connectivity index (χ4v) is 4.47. The molecule has 1 saturated heterocycles. The molecule has 3 aliphatic rings. The van der Waals surface area contributed by atoms with E-state index in [-0.39, 0.29) is 12.1 Å². The number of ether oxygens (including phenoxy) is 1. The molecule has 1 heterocycles. The summed E-state index contributed by atoms with van der Waals surface area (Å²) in [6, 6.07) is 0. The van der Waals surface area contributed by atoms with Crippen LogP contribution in [-0.2, 0) is 9.53 Å². The van der Waals surface area contributed by atoms with Gasteiger partial charge in [0.05, 0.1) is 0 Å². The van der Waals surface area contributed by atoms with Crippen LogP contribution in [0.1, 0.15) is 39.5 Å². The maximum atomic E-state index is 11.7. The van der Waals surface area contributed by atoms with E-state index < -0.39 is 0 Å². The highest BCUT2D eigenvalue weighted by atomic mass is 16.6. The Morgan fingerprint density at radius 1 is 1.12 bits per heavy atom. The van der Waals surface area contributed by atoms with Crippen LogP contribution in [0.5, 0.6) is 0 Å². The van der Waals surface area contributed by atoms with Gasteiger partial charge in [0.2, 0.25) is 0 Å². The zero-order valence-electron chi connectivity index (χ0n) is 10.8. The van der Waals surface area contributed by atoms with E-state index >= 15 is 0 Å². The first-order chi connectivity index (χ1) is 8.09. The van der Waals surface area contributed by atoms with Crippen molar-refractivity contribution in [1.82, 2.24) is 0 Å². The van der Waals surface area contributed by atoms with Gasteiger partial charge in [-0.05, 0) is 37.0 Å². The number of hydrogen-bond donors (Lipinski definition) is 0. The number of hydrogen-bond acceptors (Lipinski definition) is 2. The second-order valence-corrected chi connectivity index (χ2v) is 6.35. The molecule has 3 rings (SSSR count). The lowest BCUT2D eigenvalue weighted by molar-refractivity contribution is -0.142. The number of fused-ring (bicyclic) bond motifs is 3. The van der Waals surface area contributed by atoms with Gasteiger partial charge in [0.1, 0.15) is 6.10 Å². The lowest BCUT2D eigenvalue weighted by atomic mass is 9.78. The van der Waals surface area contributed by atoms with Gasteiger partial charge in [-0.15, -0.1) is 0 Å². The Balaban J connectivity index is 1.95. The highest BCUT2D eigenvalue weighted by molar-refractivity contribution is 5.90. The molecule has 0 spiro atoms. The summed E-state index contributed by atoms with van der Waals surface area (Å²) in [5.41, 5.74) is 0.738. The SMILES string of the molecule is C=C1C(=O)O[C@@H]2[C@@H]3[C@@H](CC[C@H]3C)[C@H](C)CC[C@@H]12. The summed E-state index contributed by atoms with van der Waals surface area (Å²) in [4.78, 5) is 11.7. The Hall–Kier alpha value is -0.790. The first-order valence-electron chi connectivity index (χ1n) is 6.99. The Labute approximate surface area is 103 Å². The summed E-state index contributed by atoms with van der Waals surface area (Å²) in [5.74, 6) is 3.00. The van der Waals surface area contributed by atoms with Crippen LogP contribution in [0.15, 0.2) is 12.2 Å². The number of rotatable bonds is 0. The molecule has 0 amide bonds. The van der Waals surface area contributed by atoms with E-state index in [1.807, 2.05) is 0 Å². The van der Waals surface area contributed by atoms with Gasteiger partial charge in [-0.3, -0.25) is 0 Å². The van der Waals surface area contributed by atoms with Crippen molar-refractivity contribution in [2.75, 3.05) is 0 Å². The van der Waals surface area contributed by atoms with E-state index in [9.17, 15) is 4.79 Å². The smallest absolute Gasteiger partial charge is 0.334 e. The second-order valence-electron chi connectivity index (χ2n) is 6.35. The van der Waals surface area contributed by atoms with E-state index in [2.05, 4.69) is 20.4 Å². The first kappa shape index (κ1) is 11.3. The Morgan fingerprint density at radius 3 is 2.59 bits per heavy atom. The predicted octanol–water partition coefficient (Wildman–Crippen LogP) is 3.18. The topological polar surface area (TPSA) is 26.3 Å². The van der Waals surface area contributed by atoms with Crippen molar-refractivity contribution in [3.63, 3.8) is 0 Å². The Bertz CT molecular complexity index is 360. The Morgan fingerprint density at radius 2 is 1.82 bits per heavy atom. The fourth-order valence-electron chi connectivity index (χ4n) is 4.47. The van der Waals surface area contributed by atoms with Gasteiger partial charge in [0, 0.05) is 17.4 Å². The minimum atomic E-state index is -0.132. The molecule has 3 fully saturated rings. The van der Waals surface area contributed by atoms with Crippen LogP contribution >= 0.6 is 0 Å². The second kappa shape index (κ2) is 3.86. The largest absolute Gasteiger partial charge is 0.458 e. The van der Waals surface area contributed by atoms with Crippen molar-refractivity contribution in [3.8, 4) is 0 Å². The van der Waals surface area contributed by atoms with Crippen molar-refractivity contribution < 1.29 is 9.53 Å². The highest BCUT2D eigenvalue weighted by Crippen LogP contribution is 2.52. The van der Waals surface area contributed by atoms with Crippen molar-refractivity contribution in [2.24, 2.45) is 29.6 Å². The number of carbonyl (C=O) groups is 1. The van der Waals surface area contributed by atoms with Gasteiger partial charge >= 0.3 is 5.97 Å². The molecule has 0 radical (unpaired) electrons. The average Bonchev–Trinajstić information content (AvgIpc) is 2.75. The third-order valence-corrected chi connectivity index (χ3v) is 5.50. The molecule has 17 heavy (non-hydrogen) atoms. The van der Waals surface area contributed by atoms with E-state index in [0.29, 0.717) is 17.8 Å². The van der Waals surface area contributed by atoms with E-state index in [1.54, 1.807) is 0 Å². The maximum absolute atomic E-state index is 11.7. The lowest BCUT2D eigenvalue weighted by Crippen LogP contribution is -2.32. The van der Waals surface area contributed by atoms with Crippen molar-refractivity contribution in [2.45, 2.75) is 45.6 Å². The summed E-state index contributed by atoms with van der Waals surface area (Å²) < 4.78 is 5.65. The predicted molar refractivity (Wildman–Crippen MR) is 66.3 cm³/mol. The molecule has 1 aliphatic heterocycles. The molecular weight excluding hydrogens is 212 g/mol. The van der Waals surface area contributed by atoms with E-state index in [0.717, 1.165) is 23.8 Å². The molecule has 2 aliphatic carbocycles. The van der Waals surface area contributed by atoms with Crippen LogP contribution < -0.4 is 0 Å². The molecule has 6 atom stereocenters.